The molecule has 0 radical (unpaired) electrons. The minimum absolute atomic E-state index is 0.0537. The molecule has 4 aliphatic rings. The van der Waals surface area contributed by atoms with Crippen molar-refractivity contribution in [3.8, 4) is 0 Å². The number of allylic oxidation sites excluding steroid dienone is 1. The van der Waals surface area contributed by atoms with Crippen molar-refractivity contribution in [3.05, 3.63) is 64.8 Å². The number of aliphatic hydroxyl groups excluding tert-OH is 4. The SMILES string of the molecule is C[C@H]([C@@H](CN=C(N)N)[C@H](O)/C=C(\C[C@H](C)O)C(=O)O)[C@H]1C[C@H](O)[C@@]2(C)C3=C(C(=O)C[C@]12C)[C@@]1(C)CCC(=O)C(C)(C)[C@H]1[C@@H](/C=C/c1ccccc1)[C@H]3O. The Kier molecular flexibility index (Phi) is 11.1. The van der Waals surface area contributed by atoms with Gasteiger partial charge in [-0.25, -0.2) is 4.79 Å². The van der Waals surface area contributed by atoms with Crippen LogP contribution in [0.25, 0.3) is 6.08 Å². The number of ketones is 2. The van der Waals surface area contributed by atoms with Gasteiger partial charge in [-0.1, -0.05) is 84.0 Å². The molecule has 0 bridgehead atoms. The molecule has 290 valence electrons. The van der Waals surface area contributed by atoms with E-state index in [1.54, 1.807) is 0 Å². The quantitative estimate of drug-likeness (QED) is 0.0984. The van der Waals surface area contributed by atoms with Crippen LogP contribution in [-0.2, 0) is 14.4 Å². The Morgan fingerprint density at radius 3 is 2.26 bits per heavy atom. The van der Waals surface area contributed by atoms with Crippen LogP contribution in [0.4, 0.5) is 0 Å². The van der Waals surface area contributed by atoms with Crippen LogP contribution in [0.1, 0.15) is 86.1 Å². The number of guanidine groups is 1. The summed E-state index contributed by atoms with van der Waals surface area (Å²) in [6.45, 7) is 13.1. The highest BCUT2D eigenvalue weighted by atomic mass is 16.4. The van der Waals surface area contributed by atoms with Gasteiger partial charge in [0.25, 0.3) is 0 Å². The number of carboxylic acids is 1. The summed E-state index contributed by atoms with van der Waals surface area (Å²) in [5, 5.41) is 56.4. The maximum Gasteiger partial charge on any atom is 0.331 e. The molecule has 11 heteroatoms. The van der Waals surface area contributed by atoms with Gasteiger partial charge in [-0.15, -0.1) is 0 Å². The lowest BCUT2D eigenvalue weighted by atomic mass is 9.40. The molecule has 0 spiro atoms. The highest BCUT2D eigenvalue weighted by molar-refractivity contribution is 6.01. The van der Waals surface area contributed by atoms with Gasteiger partial charge in [0.15, 0.2) is 11.7 Å². The van der Waals surface area contributed by atoms with Crippen LogP contribution in [0, 0.1) is 51.2 Å². The van der Waals surface area contributed by atoms with Gasteiger partial charge in [-0.3, -0.25) is 14.6 Å². The number of nitrogens with two attached hydrogens (primary N) is 2. The lowest BCUT2D eigenvalue weighted by Gasteiger charge is -2.63. The third-order valence-electron chi connectivity index (χ3n) is 14.2. The summed E-state index contributed by atoms with van der Waals surface area (Å²) in [4.78, 5) is 44.7. The van der Waals surface area contributed by atoms with Crippen LogP contribution >= 0.6 is 0 Å². The topological polar surface area (TPSA) is 217 Å². The van der Waals surface area contributed by atoms with Gasteiger partial charge in [0, 0.05) is 65.0 Å². The van der Waals surface area contributed by atoms with Gasteiger partial charge in [-0.2, -0.15) is 0 Å². The summed E-state index contributed by atoms with van der Waals surface area (Å²) >= 11 is 0. The van der Waals surface area contributed by atoms with E-state index in [2.05, 4.69) is 11.9 Å². The molecule has 1 aromatic rings. The Morgan fingerprint density at radius 2 is 1.68 bits per heavy atom. The second kappa shape index (κ2) is 14.5. The first-order valence-electron chi connectivity index (χ1n) is 18.9. The van der Waals surface area contributed by atoms with Crippen molar-refractivity contribution >= 4 is 29.6 Å². The first kappa shape index (κ1) is 40.5. The lowest BCUT2D eigenvalue weighted by Crippen LogP contribution is -2.63. The zero-order valence-corrected chi connectivity index (χ0v) is 32.1. The number of benzene rings is 1. The number of rotatable bonds is 11. The highest BCUT2D eigenvalue weighted by Gasteiger charge is 2.71. The van der Waals surface area contributed by atoms with Crippen molar-refractivity contribution in [1.29, 1.82) is 0 Å². The first-order valence-corrected chi connectivity index (χ1v) is 18.9. The maximum atomic E-state index is 14.9. The lowest BCUT2D eigenvalue weighted by molar-refractivity contribution is -0.151. The predicted octanol–water partition coefficient (Wildman–Crippen LogP) is 4.03. The smallest absolute Gasteiger partial charge is 0.331 e. The number of aliphatic imine (C=N–C) groups is 1. The standard InChI is InChI=1S/C42H59N3O8/c1-22(46)17-25(37(52)53)18-29(47)27(21-45-38(43)44)23(2)28-19-32(50)42(7)34-33(30(48)20-41(28,42)6)40(5)16-15-31(49)39(3,4)36(40)26(35(34)51)14-13-24-11-9-8-10-12-24/h8-14,18,22-23,26-29,32,35-36,46-47,50-51H,15-17,19-21H2,1-7H3,(H,52,53)(H4,43,44,45)/b14-13+,25-18+/t22-,23+,26-,27+,28+,29+,32-,35+,36+,40+,41+,42-/m0/s1. The van der Waals surface area contributed by atoms with E-state index in [1.165, 1.54) is 13.0 Å². The van der Waals surface area contributed by atoms with Crippen LogP contribution in [-0.4, -0.2) is 80.0 Å². The number of carbonyl (C=O) groups is 3. The summed E-state index contributed by atoms with van der Waals surface area (Å²) < 4.78 is 0. The Labute approximate surface area is 313 Å². The number of Topliss-reactive ketones (excluding diaryl/α,β-unsaturated/α-hetero) is 2. The highest BCUT2D eigenvalue weighted by Crippen LogP contribution is 2.72. The van der Waals surface area contributed by atoms with Crippen LogP contribution in [0.2, 0.25) is 0 Å². The van der Waals surface area contributed by atoms with Crippen molar-refractivity contribution in [1.82, 2.24) is 0 Å². The van der Waals surface area contributed by atoms with Crippen LogP contribution in [0.3, 0.4) is 0 Å². The van der Waals surface area contributed by atoms with Gasteiger partial charge < -0.3 is 37.0 Å². The van der Waals surface area contributed by atoms with E-state index in [0.717, 1.165) is 5.56 Å². The minimum Gasteiger partial charge on any atom is -0.478 e. The molecule has 0 heterocycles. The third kappa shape index (κ3) is 6.72. The largest absolute Gasteiger partial charge is 0.478 e. The molecule has 0 amide bonds. The van der Waals surface area contributed by atoms with Crippen molar-refractivity contribution in [3.63, 3.8) is 0 Å². The number of nitrogens with zero attached hydrogens (tertiary/aromatic N) is 1. The number of carbonyl (C=O) groups excluding carboxylic acids is 2. The van der Waals surface area contributed by atoms with E-state index in [0.29, 0.717) is 24.0 Å². The number of hydrogen-bond donors (Lipinski definition) is 7. The average molecular weight is 734 g/mol. The molecule has 0 unspecified atom stereocenters. The van der Waals surface area contributed by atoms with E-state index < -0.39 is 75.7 Å². The summed E-state index contributed by atoms with van der Waals surface area (Å²) in [6.07, 6.45) is 1.61. The second-order valence-electron chi connectivity index (χ2n) is 17.5. The molecule has 2 fully saturated rings. The number of fused-ring (bicyclic) bond motifs is 4. The van der Waals surface area contributed by atoms with Gasteiger partial charge in [0.2, 0.25) is 0 Å². The molecular weight excluding hydrogens is 674 g/mol. The molecule has 2 saturated carbocycles. The Morgan fingerprint density at radius 1 is 1.04 bits per heavy atom. The summed E-state index contributed by atoms with van der Waals surface area (Å²) in [5.74, 6) is -3.99. The van der Waals surface area contributed by atoms with Gasteiger partial charge in [0.1, 0.15) is 5.78 Å². The fourth-order valence-electron chi connectivity index (χ4n) is 11.4. The average Bonchev–Trinajstić information content (AvgIpc) is 3.27. The molecule has 0 aliphatic heterocycles. The molecule has 0 aromatic heterocycles. The predicted molar refractivity (Wildman–Crippen MR) is 203 cm³/mol. The van der Waals surface area contributed by atoms with Crippen molar-refractivity contribution in [2.24, 2.45) is 67.7 Å². The Bertz CT molecular complexity index is 1730. The third-order valence-corrected chi connectivity index (χ3v) is 14.2. The fraction of sp³-hybridized carbons (Fsp3) is 0.619. The van der Waals surface area contributed by atoms with Gasteiger partial charge >= 0.3 is 5.97 Å². The molecule has 1 aromatic carbocycles. The number of aliphatic hydroxyl groups is 4. The van der Waals surface area contributed by atoms with Crippen LogP contribution < -0.4 is 11.5 Å². The molecule has 0 saturated heterocycles. The zero-order valence-electron chi connectivity index (χ0n) is 32.1. The van der Waals surface area contributed by atoms with E-state index in [-0.39, 0.29) is 54.8 Å². The number of hydrogen-bond acceptors (Lipinski definition) is 8. The molecule has 12 atom stereocenters. The Hall–Kier alpha value is -3.64. The second-order valence-corrected chi connectivity index (χ2v) is 17.5. The summed E-state index contributed by atoms with van der Waals surface area (Å²) in [7, 11) is 0. The number of carboxylic acid groups (broad SMARTS) is 1. The molecule has 53 heavy (non-hydrogen) atoms. The summed E-state index contributed by atoms with van der Waals surface area (Å²) in [5.41, 5.74) is 9.72. The minimum atomic E-state index is -1.34. The zero-order chi connectivity index (χ0) is 39.4. The molecular formula is C42H59N3O8. The normalized spacial score (nSPS) is 36.3. The van der Waals surface area contributed by atoms with E-state index in [1.807, 2.05) is 77.1 Å². The van der Waals surface area contributed by atoms with Crippen LogP contribution in [0.15, 0.2) is 64.2 Å². The Balaban J connectivity index is 1.65. The molecule has 4 aliphatic carbocycles. The molecule has 9 N–H and O–H groups in total. The first-order chi connectivity index (χ1) is 24.6. The fourth-order valence-corrected chi connectivity index (χ4v) is 11.4. The van der Waals surface area contributed by atoms with Crippen molar-refractivity contribution in [2.45, 2.75) is 105 Å². The van der Waals surface area contributed by atoms with Crippen molar-refractivity contribution in [2.75, 3.05) is 6.54 Å². The van der Waals surface area contributed by atoms with Crippen LogP contribution in [0.5, 0.6) is 0 Å². The molecule has 11 nitrogen and oxygen atoms in total. The molecule has 5 rings (SSSR count). The van der Waals surface area contributed by atoms with Gasteiger partial charge in [-0.05, 0) is 60.1 Å². The van der Waals surface area contributed by atoms with E-state index >= 15 is 0 Å². The van der Waals surface area contributed by atoms with Crippen molar-refractivity contribution < 1.29 is 39.9 Å². The van der Waals surface area contributed by atoms with Gasteiger partial charge in [0.05, 0.1) is 24.4 Å². The van der Waals surface area contributed by atoms with E-state index in [4.69, 9.17) is 11.5 Å². The maximum absolute atomic E-state index is 14.9. The monoisotopic (exact) mass is 733 g/mol. The number of aliphatic carboxylic acids is 1. The summed E-state index contributed by atoms with van der Waals surface area (Å²) in [6, 6.07) is 9.72. The van der Waals surface area contributed by atoms with E-state index in [9.17, 15) is 39.9 Å².